The van der Waals surface area contributed by atoms with Gasteiger partial charge in [-0.2, -0.15) is 18.7 Å². The molecule has 0 fully saturated rings. The van der Waals surface area contributed by atoms with Crippen LogP contribution in [-0.2, 0) is 15.8 Å². The van der Waals surface area contributed by atoms with Gasteiger partial charge in [0.1, 0.15) is 4.88 Å². The van der Waals surface area contributed by atoms with E-state index in [1.165, 1.54) is 0 Å². The molecule has 0 atom stereocenters. The summed E-state index contributed by atoms with van der Waals surface area (Å²) >= 11 is 0.381. The van der Waals surface area contributed by atoms with Crippen molar-refractivity contribution < 1.29 is 27.6 Å². The van der Waals surface area contributed by atoms with Gasteiger partial charge >= 0.3 is 12.1 Å². The summed E-state index contributed by atoms with van der Waals surface area (Å²) in [6.07, 6.45) is -4.49. The second kappa shape index (κ2) is 4.52. The van der Waals surface area contributed by atoms with Crippen LogP contribution in [0.1, 0.15) is 22.2 Å². The molecule has 0 aliphatic rings. The molecule has 0 saturated heterocycles. The molecule has 88 valence electrons. The summed E-state index contributed by atoms with van der Waals surface area (Å²) in [5.41, 5.74) is 1.47. The van der Waals surface area contributed by atoms with Gasteiger partial charge in [0.15, 0.2) is 0 Å². The van der Waals surface area contributed by atoms with E-state index in [1.807, 2.05) is 0 Å². The Bertz CT molecular complexity index is 413. The highest BCUT2D eigenvalue weighted by molar-refractivity contribution is 7.10. The Hall–Kier alpha value is -1.57. The van der Waals surface area contributed by atoms with E-state index in [0.29, 0.717) is 17.4 Å². The monoisotopic (exact) mass is 253 g/mol. The Labute approximate surface area is 92.0 Å². The molecule has 0 bridgehead atoms. The Morgan fingerprint density at radius 1 is 1.44 bits per heavy atom. The van der Waals surface area contributed by atoms with Crippen LogP contribution in [0.15, 0.2) is 11.4 Å². The standard InChI is InChI=1S/C8H6F3NO3S/c1-4(13)12-15-7(14)5-2-6(16-3-5)8(9,10)11/h2-3H,1H3,(H,12,13). The van der Waals surface area contributed by atoms with Gasteiger partial charge in [-0.1, -0.05) is 0 Å². The Balaban J connectivity index is 2.71. The highest BCUT2D eigenvalue weighted by Gasteiger charge is 2.33. The first-order valence-corrected chi connectivity index (χ1v) is 4.82. The van der Waals surface area contributed by atoms with Gasteiger partial charge in [-0.3, -0.25) is 4.79 Å². The quantitative estimate of drug-likeness (QED) is 0.778. The van der Waals surface area contributed by atoms with Crippen LogP contribution >= 0.6 is 11.3 Å². The lowest BCUT2D eigenvalue weighted by atomic mass is 10.3. The number of thiophene rings is 1. The molecule has 1 amide bonds. The third-order valence-corrected chi connectivity index (χ3v) is 2.38. The molecule has 8 heteroatoms. The fourth-order valence-electron chi connectivity index (χ4n) is 0.769. The molecule has 1 aromatic rings. The third kappa shape index (κ3) is 3.23. The van der Waals surface area contributed by atoms with Crippen molar-refractivity contribution in [3.63, 3.8) is 0 Å². The maximum absolute atomic E-state index is 12.2. The first kappa shape index (κ1) is 12.5. The molecule has 1 N–H and O–H groups in total. The van der Waals surface area contributed by atoms with Crippen molar-refractivity contribution in [1.29, 1.82) is 0 Å². The molecular formula is C8H6F3NO3S. The number of halogens is 3. The SMILES string of the molecule is CC(=O)NOC(=O)c1csc(C(F)(F)F)c1. The Kier molecular flexibility index (Phi) is 3.53. The van der Waals surface area contributed by atoms with Crippen molar-refractivity contribution in [2.45, 2.75) is 13.1 Å². The summed E-state index contributed by atoms with van der Waals surface area (Å²) in [4.78, 5) is 24.8. The maximum Gasteiger partial charge on any atom is 0.425 e. The highest BCUT2D eigenvalue weighted by Crippen LogP contribution is 2.34. The zero-order valence-electron chi connectivity index (χ0n) is 7.92. The first-order chi connectivity index (χ1) is 7.30. The summed E-state index contributed by atoms with van der Waals surface area (Å²) in [6, 6.07) is 0.662. The number of carbonyl (C=O) groups excluding carboxylic acids is 2. The lowest BCUT2D eigenvalue weighted by molar-refractivity contribution is -0.134. The highest BCUT2D eigenvalue weighted by atomic mass is 32.1. The summed E-state index contributed by atoms with van der Waals surface area (Å²) < 4.78 is 36.5. The molecular weight excluding hydrogens is 247 g/mol. The van der Waals surface area contributed by atoms with Gasteiger partial charge in [0, 0.05) is 12.3 Å². The summed E-state index contributed by atoms with van der Waals surface area (Å²) in [5, 5.41) is 1.01. The van der Waals surface area contributed by atoms with E-state index in [-0.39, 0.29) is 5.56 Å². The first-order valence-electron chi connectivity index (χ1n) is 3.94. The van der Waals surface area contributed by atoms with Crippen molar-refractivity contribution in [2.75, 3.05) is 0 Å². The summed E-state index contributed by atoms with van der Waals surface area (Å²) in [5.74, 6) is -1.67. The smallest absolute Gasteiger partial charge is 0.335 e. The number of amides is 1. The zero-order chi connectivity index (χ0) is 12.3. The number of rotatable bonds is 1. The van der Waals surface area contributed by atoms with Gasteiger partial charge < -0.3 is 4.84 Å². The number of hydroxylamine groups is 1. The Morgan fingerprint density at radius 3 is 2.50 bits per heavy atom. The minimum atomic E-state index is -4.49. The number of nitrogens with one attached hydrogen (secondary N) is 1. The zero-order valence-corrected chi connectivity index (χ0v) is 8.74. The van der Waals surface area contributed by atoms with Gasteiger partial charge in [0.05, 0.1) is 5.56 Å². The van der Waals surface area contributed by atoms with E-state index in [9.17, 15) is 22.8 Å². The van der Waals surface area contributed by atoms with Crippen molar-refractivity contribution in [2.24, 2.45) is 0 Å². The summed E-state index contributed by atoms with van der Waals surface area (Å²) in [6.45, 7) is 1.10. The molecule has 0 aliphatic carbocycles. The van der Waals surface area contributed by atoms with Crippen molar-refractivity contribution in [1.82, 2.24) is 5.48 Å². The molecule has 4 nitrogen and oxygen atoms in total. The lowest BCUT2D eigenvalue weighted by Gasteiger charge is -2.01. The van der Waals surface area contributed by atoms with Crippen LogP contribution in [0.5, 0.6) is 0 Å². The minimum Gasteiger partial charge on any atom is -0.335 e. The topological polar surface area (TPSA) is 55.4 Å². The van der Waals surface area contributed by atoms with E-state index in [1.54, 1.807) is 5.48 Å². The minimum absolute atomic E-state index is 0.258. The second-order valence-electron chi connectivity index (χ2n) is 2.75. The summed E-state index contributed by atoms with van der Waals surface area (Å²) in [7, 11) is 0. The third-order valence-electron chi connectivity index (χ3n) is 1.40. The largest absolute Gasteiger partial charge is 0.425 e. The predicted octanol–water partition coefficient (Wildman–Crippen LogP) is 1.97. The molecule has 0 radical (unpaired) electrons. The fraction of sp³-hybridized carbons (Fsp3) is 0.250. The molecule has 16 heavy (non-hydrogen) atoms. The lowest BCUT2D eigenvalue weighted by Crippen LogP contribution is -2.24. The van der Waals surface area contributed by atoms with E-state index < -0.39 is 22.9 Å². The van der Waals surface area contributed by atoms with Crippen LogP contribution in [0, 0.1) is 0 Å². The van der Waals surface area contributed by atoms with E-state index in [2.05, 4.69) is 4.84 Å². The fourth-order valence-corrected chi connectivity index (χ4v) is 1.52. The van der Waals surface area contributed by atoms with Crippen LogP contribution in [0.25, 0.3) is 0 Å². The average molecular weight is 253 g/mol. The van der Waals surface area contributed by atoms with Crippen LogP contribution in [0.3, 0.4) is 0 Å². The maximum atomic E-state index is 12.2. The average Bonchev–Trinajstić information content (AvgIpc) is 2.61. The van der Waals surface area contributed by atoms with Gasteiger partial charge in [0.2, 0.25) is 5.91 Å². The number of hydrogen-bond acceptors (Lipinski definition) is 4. The molecule has 1 rings (SSSR count). The molecule has 0 aliphatic heterocycles. The van der Waals surface area contributed by atoms with Gasteiger partial charge in [-0.05, 0) is 6.07 Å². The molecule has 1 heterocycles. The molecule has 0 unspecified atom stereocenters. The number of hydrogen-bond donors (Lipinski definition) is 1. The van der Waals surface area contributed by atoms with Crippen molar-refractivity contribution >= 4 is 23.2 Å². The van der Waals surface area contributed by atoms with Crippen molar-refractivity contribution in [3.05, 3.63) is 21.9 Å². The van der Waals surface area contributed by atoms with E-state index >= 15 is 0 Å². The predicted molar refractivity (Wildman–Crippen MR) is 48.6 cm³/mol. The van der Waals surface area contributed by atoms with Crippen molar-refractivity contribution in [3.8, 4) is 0 Å². The molecule has 0 saturated carbocycles. The van der Waals surface area contributed by atoms with E-state index in [4.69, 9.17) is 0 Å². The van der Waals surface area contributed by atoms with Gasteiger partial charge in [0.25, 0.3) is 0 Å². The second-order valence-corrected chi connectivity index (χ2v) is 3.66. The molecule has 0 aromatic carbocycles. The Morgan fingerprint density at radius 2 is 2.06 bits per heavy atom. The molecule has 1 aromatic heterocycles. The normalized spacial score (nSPS) is 11.0. The van der Waals surface area contributed by atoms with Crippen LogP contribution in [-0.4, -0.2) is 11.9 Å². The van der Waals surface area contributed by atoms with E-state index in [0.717, 1.165) is 12.3 Å². The van der Waals surface area contributed by atoms with Crippen LogP contribution in [0.4, 0.5) is 13.2 Å². The number of alkyl halides is 3. The number of carbonyl (C=O) groups is 2. The van der Waals surface area contributed by atoms with Crippen LogP contribution < -0.4 is 5.48 Å². The van der Waals surface area contributed by atoms with Gasteiger partial charge in [-0.25, -0.2) is 4.79 Å². The van der Waals surface area contributed by atoms with Crippen LogP contribution in [0.2, 0.25) is 0 Å². The molecule has 0 spiro atoms. The van der Waals surface area contributed by atoms with Gasteiger partial charge in [-0.15, -0.1) is 11.3 Å².